The minimum Gasteiger partial charge on any atom is -0.396 e. The van der Waals surface area contributed by atoms with E-state index in [0.717, 1.165) is 0 Å². The molecule has 0 aromatic carbocycles. The topological polar surface area (TPSA) is 70.0 Å². The molecule has 1 aliphatic rings. The number of carbonyl (C=O) groups excluding carboxylic acids is 1. The van der Waals surface area contributed by atoms with Crippen molar-refractivity contribution in [2.45, 2.75) is 37.7 Å². The van der Waals surface area contributed by atoms with E-state index in [9.17, 15) is 9.90 Å². The van der Waals surface area contributed by atoms with Gasteiger partial charge < -0.3 is 19.8 Å². The van der Waals surface area contributed by atoms with Gasteiger partial charge in [0, 0.05) is 52.7 Å². The molecule has 0 unspecified atom stereocenters. The number of unbranched alkanes of at least 4 members (excludes halogenated alkanes) is 1. The second kappa shape index (κ2) is 6.93. The normalized spacial score (nSPS) is 19.0. The van der Waals surface area contributed by atoms with Gasteiger partial charge >= 0.3 is 0 Å². The Labute approximate surface area is 102 Å². The first-order chi connectivity index (χ1) is 8.07. The van der Waals surface area contributed by atoms with Crippen molar-refractivity contribution >= 4 is 5.91 Å². The van der Waals surface area contributed by atoms with E-state index >= 15 is 0 Å². The Hall–Kier alpha value is -0.650. The van der Waals surface area contributed by atoms with E-state index in [1.54, 1.807) is 11.9 Å². The standard InChI is InChI=1S/C12H23NO4/c1-13(11(15)4-2-3-7-14)10-12(16)5-8-17-9-6-12/h14,16H,2-10H2,1H3. The van der Waals surface area contributed by atoms with Crippen molar-refractivity contribution in [3.63, 3.8) is 0 Å². The van der Waals surface area contributed by atoms with Crippen LogP contribution in [0.1, 0.15) is 32.1 Å². The highest BCUT2D eigenvalue weighted by atomic mass is 16.5. The highest BCUT2D eigenvalue weighted by Gasteiger charge is 2.32. The molecule has 0 atom stereocenters. The number of aliphatic hydroxyl groups excluding tert-OH is 1. The second-order valence-electron chi connectivity index (χ2n) is 4.77. The zero-order valence-electron chi connectivity index (χ0n) is 10.5. The molecule has 100 valence electrons. The molecular weight excluding hydrogens is 222 g/mol. The molecule has 0 aromatic rings. The summed E-state index contributed by atoms with van der Waals surface area (Å²) in [6.45, 7) is 1.61. The van der Waals surface area contributed by atoms with Crippen molar-refractivity contribution in [2.75, 3.05) is 33.4 Å². The highest BCUT2D eigenvalue weighted by Crippen LogP contribution is 2.21. The smallest absolute Gasteiger partial charge is 0.222 e. The summed E-state index contributed by atoms with van der Waals surface area (Å²) in [5.74, 6) is 0.0263. The Morgan fingerprint density at radius 1 is 1.35 bits per heavy atom. The fourth-order valence-corrected chi connectivity index (χ4v) is 2.02. The zero-order chi connectivity index (χ0) is 12.7. The average Bonchev–Trinajstić information content (AvgIpc) is 2.29. The van der Waals surface area contributed by atoms with Crippen LogP contribution in [0, 0.1) is 0 Å². The summed E-state index contributed by atoms with van der Waals surface area (Å²) in [4.78, 5) is 13.3. The number of rotatable bonds is 6. The van der Waals surface area contributed by atoms with E-state index in [4.69, 9.17) is 9.84 Å². The van der Waals surface area contributed by atoms with Crippen LogP contribution in [0.4, 0.5) is 0 Å². The summed E-state index contributed by atoms with van der Waals surface area (Å²) in [7, 11) is 1.72. The Bertz CT molecular complexity index is 239. The summed E-state index contributed by atoms with van der Waals surface area (Å²) in [6, 6.07) is 0. The molecule has 0 bridgehead atoms. The van der Waals surface area contributed by atoms with Gasteiger partial charge in [0.2, 0.25) is 5.91 Å². The molecule has 5 heteroatoms. The summed E-state index contributed by atoms with van der Waals surface area (Å²) in [5, 5.41) is 18.9. The van der Waals surface area contributed by atoms with Crippen LogP contribution < -0.4 is 0 Å². The molecule has 0 radical (unpaired) electrons. The third-order valence-corrected chi connectivity index (χ3v) is 3.18. The maximum atomic E-state index is 11.7. The predicted octanol–water partition coefficient (Wildman–Crippen LogP) is 0.149. The Balaban J connectivity index is 2.31. The van der Waals surface area contributed by atoms with Gasteiger partial charge in [0.05, 0.1) is 5.60 Å². The van der Waals surface area contributed by atoms with E-state index in [-0.39, 0.29) is 12.5 Å². The maximum absolute atomic E-state index is 11.7. The number of ether oxygens (including phenoxy) is 1. The number of likely N-dealkylation sites (N-methyl/N-ethyl adjacent to an activating group) is 1. The second-order valence-corrected chi connectivity index (χ2v) is 4.77. The predicted molar refractivity (Wildman–Crippen MR) is 63.6 cm³/mol. The van der Waals surface area contributed by atoms with Gasteiger partial charge in [0.15, 0.2) is 0 Å². The molecule has 1 aliphatic heterocycles. The van der Waals surface area contributed by atoms with Crippen LogP contribution in [0.5, 0.6) is 0 Å². The Kier molecular flexibility index (Phi) is 5.88. The minimum absolute atomic E-state index is 0.0263. The van der Waals surface area contributed by atoms with Gasteiger partial charge in [-0.05, 0) is 12.8 Å². The highest BCUT2D eigenvalue weighted by molar-refractivity contribution is 5.75. The van der Waals surface area contributed by atoms with Crippen LogP contribution in [0.2, 0.25) is 0 Å². The van der Waals surface area contributed by atoms with Crippen LogP contribution in [0.3, 0.4) is 0 Å². The SMILES string of the molecule is CN(CC1(O)CCOCC1)C(=O)CCCCO. The van der Waals surface area contributed by atoms with Gasteiger partial charge in [0.25, 0.3) is 0 Å². The average molecular weight is 245 g/mol. The van der Waals surface area contributed by atoms with E-state index in [2.05, 4.69) is 0 Å². The lowest BCUT2D eigenvalue weighted by Crippen LogP contribution is -2.47. The van der Waals surface area contributed by atoms with Crippen LogP contribution in [0.15, 0.2) is 0 Å². The largest absolute Gasteiger partial charge is 0.396 e. The van der Waals surface area contributed by atoms with Crippen LogP contribution in [-0.4, -0.2) is 60.0 Å². The third kappa shape index (κ3) is 5.02. The van der Waals surface area contributed by atoms with E-state index in [0.29, 0.717) is 51.9 Å². The molecule has 17 heavy (non-hydrogen) atoms. The molecule has 1 heterocycles. The van der Waals surface area contributed by atoms with Crippen molar-refractivity contribution in [2.24, 2.45) is 0 Å². The minimum atomic E-state index is -0.792. The van der Waals surface area contributed by atoms with Gasteiger partial charge in [-0.25, -0.2) is 0 Å². The molecule has 0 aliphatic carbocycles. The number of hydrogen-bond donors (Lipinski definition) is 2. The molecule has 0 aromatic heterocycles. The third-order valence-electron chi connectivity index (χ3n) is 3.18. The molecule has 1 rings (SSSR count). The molecule has 0 saturated carbocycles. The fourth-order valence-electron chi connectivity index (χ4n) is 2.02. The monoisotopic (exact) mass is 245 g/mol. The summed E-state index contributed by atoms with van der Waals surface area (Å²) >= 11 is 0. The first-order valence-corrected chi connectivity index (χ1v) is 6.22. The van der Waals surface area contributed by atoms with Gasteiger partial charge in [-0.2, -0.15) is 0 Å². The number of aliphatic hydroxyl groups is 2. The summed E-state index contributed by atoms with van der Waals surface area (Å²) in [5.41, 5.74) is -0.792. The quantitative estimate of drug-likeness (QED) is 0.653. The molecule has 5 nitrogen and oxygen atoms in total. The van der Waals surface area contributed by atoms with Gasteiger partial charge in [-0.1, -0.05) is 0 Å². The fraction of sp³-hybridized carbons (Fsp3) is 0.917. The summed E-state index contributed by atoms with van der Waals surface area (Å²) in [6.07, 6.45) is 2.95. The first-order valence-electron chi connectivity index (χ1n) is 6.22. The first kappa shape index (κ1) is 14.4. The number of hydrogen-bond acceptors (Lipinski definition) is 4. The van der Waals surface area contributed by atoms with E-state index < -0.39 is 5.60 Å². The molecular formula is C12H23NO4. The van der Waals surface area contributed by atoms with Crippen LogP contribution in [-0.2, 0) is 9.53 Å². The summed E-state index contributed by atoms with van der Waals surface area (Å²) < 4.78 is 5.20. The maximum Gasteiger partial charge on any atom is 0.222 e. The van der Waals surface area contributed by atoms with Crippen molar-refractivity contribution < 1.29 is 19.7 Å². The zero-order valence-corrected chi connectivity index (χ0v) is 10.5. The lowest BCUT2D eigenvalue weighted by atomic mass is 9.94. The lowest BCUT2D eigenvalue weighted by molar-refractivity contribution is -0.136. The van der Waals surface area contributed by atoms with Gasteiger partial charge in [0.1, 0.15) is 0 Å². The van der Waals surface area contributed by atoms with Gasteiger partial charge in [-0.15, -0.1) is 0 Å². The van der Waals surface area contributed by atoms with E-state index in [1.165, 1.54) is 0 Å². The van der Waals surface area contributed by atoms with Crippen LogP contribution in [0.25, 0.3) is 0 Å². The van der Waals surface area contributed by atoms with Crippen molar-refractivity contribution in [1.29, 1.82) is 0 Å². The van der Waals surface area contributed by atoms with Crippen molar-refractivity contribution in [3.8, 4) is 0 Å². The Morgan fingerprint density at radius 3 is 2.59 bits per heavy atom. The molecule has 2 N–H and O–H groups in total. The lowest BCUT2D eigenvalue weighted by Gasteiger charge is -2.35. The van der Waals surface area contributed by atoms with E-state index in [1.807, 2.05) is 0 Å². The molecule has 0 spiro atoms. The number of nitrogens with zero attached hydrogens (tertiary/aromatic N) is 1. The molecule has 1 amide bonds. The van der Waals surface area contributed by atoms with Gasteiger partial charge in [-0.3, -0.25) is 4.79 Å². The number of amides is 1. The Morgan fingerprint density at radius 2 is 2.00 bits per heavy atom. The number of carbonyl (C=O) groups is 1. The molecule has 1 saturated heterocycles. The van der Waals surface area contributed by atoms with Crippen molar-refractivity contribution in [3.05, 3.63) is 0 Å². The van der Waals surface area contributed by atoms with Crippen molar-refractivity contribution in [1.82, 2.24) is 4.90 Å². The van der Waals surface area contributed by atoms with Crippen LogP contribution >= 0.6 is 0 Å². The molecule has 1 fully saturated rings.